The first kappa shape index (κ1) is 43.2. The fourth-order valence-corrected chi connectivity index (χ4v) is 8.12. The molecule has 8 aromatic rings. The van der Waals surface area contributed by atoms with Crippen molar-refractivity contribution < 1.29 is 18.9 Å². The maximum atomic E-state index is 6.63. The molecule has 0 amide bonds. The highest BCUT2D eigenvalue weighted by atomic mass is 35.5. The van der Waals surface area contributed by atoms with E-state index in [2.05, 4.69) is 87.9 Å². The Morgan fingerprint density at radius 3 is 0.719 bits per heavy atom. The van der Waals surface area contributed by atoms with Gasteiger partial charge in [-0.05, 0) is 139 Å². The highest BCUT2D eigenvalue weighted by Gasteiger charge is 2.21. The zero-order valence-electron chi connectivity index (χ0n) is 35.9. The molecule has 320 valence electrons. The Morgan fingerprint density at radius 2 is 0.516 bits per heavy atom. The lowest BCUT2D eigenvalue weighted by Crippen LogP contribution is -2.11. The minimum atomic E-state index is -0.119. The van der Waals surface area contributed by atoms with Gasteiger partial charge in [-0.1, -0.05) is 161 Å². The molecule has 0 fully saturated rings. The van der Waals surface area contributed by atoms with Crippen molar-refractivity contribution >= 4 is 46.4 Å². The van der Waals surface area contributed by atoms with Gasteiger partial charge in [0.15, 0.2) is 0 Å². The first-order valence-corrected chi connectivity index (χ1v) is 22.2. The molecule has 6 nitrogen and oxygen atoms in total. The van der Waals surface area contributed by atoms with E-state index in [0.717, 1.165) is 44.5 Å². The highest BCUT2D eigenvalue weighted by molar-refractivity contribution is 6.36. The van der Waals surface area contributed by atoms with Crippen LogP contribution in [0.4, 0.5) is 0 Å². The van der Waals surface area contributed by atoms with Crippen LogP contribution in [-0.4, -0.2) is 9.97 Å². The van der Waals surface area contributed by atoms with Gasteiger partial charge in [0.2, 0.25) is 23.5 Å². The van der Waals surface area contributed by atoms with Crippen LogP contribution in [0.15, 0.2) is 146 Å². The van der Waals surface area contributed by atoms with Crippen molar-refractivity contribution in [1.82, 2.24) is 9.97 Å². The fourth-order valence-electron chi connectivity index (χ4n) is 7.25. The Morgan fingerprint density at radius 1 is 0.297 bits per heavy atom. The number of nitrogens with zero attached hydrogens (tertiary/aromatic N) is 2. The van der Waals surface area contributed by atoms with E-state index in [9.17, 15) is 0 Å². The van der Waals surface area contributed by atoms with E-state index in [1.807, 2.05) is 97.1 Å². The average Bonchev–Trinajstić information content (AvgIpc) is 3.27. The minimum Gasteiger partial charge on any atom is -0.437 e. The van der Waals surface area contributed by atoms with Crippen molar-refractivity contribution in [3.63, 3.8) is 0 Å². The standard InChI is InChI=1S/C54H42Cl4N2O4/c1-53(2,3)39-25-35-23-36(26-39)32-9-17-42(18-10-32)62-50-46(56)30-48(58)52(60-50)64-44-21-13-34(14-22-44)38-24-37(27-40(28-38)54(4,5)6)33-11-19-43(20-12-33)63-51-47(57)29-45(55)49(59-51)61-41-15-7-31(35)8-16-41/h7-30H,1-6H3. The molecule has 16 bridgehead atoms. The van der Waals surface area contributed by atoms with Crippen LogP contribution in [0.1, 0.15) is 52.7 Å². The van der Waals surface area contributed by atoms with Crippen molar-refractivity contribution in [3.05, 3.63) is 177 Å². The maximum absolute atomic E-state index is 6.63. The molecule has 2 aromatic heterocycles. The number of ether oxygens (including phenoxy) is 4. The van der Waals surface area contributed by atoms with Gasteiger partial charge >= 0.3 is 0 Å². The number of hydrogen-bond acceptors (Lipinski definition) is 6. The van der Waals surface area contributed by atoms with E-state index < -0.39 is 0 Å². The highest BCUT2D eigenvalue weighted by Crippen LogP contribution is 2.42. The van der Waals surface area contributed by atoms with E-state index in [-0.39, 0.29) is 54.4 Å². The molecule has 0 spiro atoms. The summed E-state index contributed by atoms with van der Waals surface area (Å²) in [5, 5.41) is 1.01. The lowest BCUT2D eigenvalue weighted by molar-refractivity contribution is 0.426. The predicted octanol–water partition coefficient (Wildman–Crippen LogP) is 17.8. The van der Waals surface area contributed by atoms with Crippen molar-refractivity contribution in [1.29, 1.82) is 0 Å². The van der Waals surface area contributed by atoms with Crippen LogP contribution >= 0.6 is 46.4 Å². The third kappa shape index (κ3) is 9.43. The smallest absolute Gasteiger partial charge is 0.241 e. The van der Waals surface area contributed by atoms with Crippen molar-refractivity contribution in [2.75, 3.05) is 0 Å². The molecule has 10 heteroatoms. The molecule has 0 radical (unpaired) electrons. The zero-order valence-corrected chi connectivity index (χ0v) is 38.9. The van der Waals surface area contributed by atoms with Gasteiger partial charge in [0.1, 0.15) is 43.1 Å². The Balaban J connectivity index is 1.13. The second-order valence-electron chi connectivity index (χ2n) is 17.7. The molecule has 7 aliphatic heterocycles. The van der Waals surface area contributed by atoms with E-state index in [0.29, 0.717) is 23.0 Å². The average molecular weight is 925 g/mol. The van der Waals surface area contributed by atoms with Gasteiger partial charge in [-0.25, -0.2) is 0 Å². The maximum Gasteiger partial charge on any atom is 0.241 e. The summed E-state index contributed by atoms with van der Waals surface area (Å²) >= 11 is 26.5. The van der Waals surface area contributed by atoms with Gasteiger partial charge in [-0.15, -0.1) is 0 Å². The molecule has 7 aliphatic rings. The molecule has 0 saturated carbocycles. The van der Waals surface area contributed by atoms with Crippen LogP contribution < -0.4 is 18.9 Å². The van der Waals surface area contributed by atoms with Gasteiger partial charge in [-0.2, -0.15) is 9.97 Å². The summed E-state index contributed by atoms with van der Waals surface area (Å²) in [4.78, 5) is 9.20. The second-order valence-corrected chi connectivity index (χ2v) is 19.4. The summed E-state index contributed by atoms with van der Waals surface area (Å²) in [5.41, 5.74) is 10.3. The SMILES string of the molecule is CC(C)(C)c1cc2cc(c1)-c1ccc(cc1)Oc1nc(c(Cl)cc1Cl)Oc1ccc(cc1)-c1cc(cc(C(C)(C)C)c1)-c1ccc(cc1)Oc1nc(c(Cl)cc1Cl)Oc1ccc-2cc1. The Kier molecular flexibility index (Phi) is 11.6. The topological polar surface area (TPSA) is 62.7 Å². The molecule has 6 aromatic carbocycles. The molecule has 0 saturated heterocycles. The van der Waals surface area contributed by atoms with Gasteiger partial charge < -0.3 is 18.9 Å². The Labute approximate surface area is 393 Å². The number of halogens is 4. The summed E-state index contributed by atoms with van der Waals surface area (Å²) < 4.78 is 24.9. The lowest BCUT2D eigenvalue weighted by atomic mass is 9.83. The molecule has 0 unspecified atom stereocenters. The Bertz CT molecular complexity index is 2650. The Hall–Kier alpha value is -6.02. The van der Waals surface area contributed by atoms with Crippen LogP contribution in [0.2, 0.25) is 20.1 Å². The van der Waals surface area contributed by atoms with Gasteiger partial charge in [-0.3, -0.25) is 0 Å². The molecule has 0 atom stereocenters. The third-order valence-corrected chi connectivity index (χ3v) is 12.0. The van der Waals surface area contributed by atoms with E-state index in [4.69, 9.17) is 65.4 Å². The first-order valence-electron chi connectivity index (χ1n) is 20.7. The van der Waals surface area contributed by atoms with Gasteiger partial charge in [0.05, 0.1) is 0 Å². The summed E-state index contributed by atoms with van der Waals surface area (Å²) in [7, 11) is 0. The predicted molar refractivity (Wildman–Crippen MR) is 261 cm³/mol. The number of benzene rings is 6. The van der Waals surface area contributed by atoms with Crippen LogP contribution in [0.5, 0.6) is 46.5 Å². The molecule has 0 aliphatic carbocycles. The molecular weight excluding hydrogens is 882 g/mol. The quantitative estimate of drug-likeness (QED) is 0.151. The normalized spacial score (nSPS) is 12.4. The number of hydrogen-bond donors (Lipinski definition) is 0. The summed E-state index contributed by atoms with van der Waals surface area (Å²) in [6, 6.07) is 47.6. The summed E-state index contributed by atoms with van der Waals surface area (Å²) in [5.74, 6) is 2.86. The van der Waals surface area contributed by atoms with Crippen molar-refractivity contribution in [2.45, 2.75) is 52.4 Å². The second kappa shape index (κ2) is 17.2. The zero-order chi connectivity index (χ0) is 44.9. The summed E-state index contributed by atoms with van der Waals surface area (Å²) in [6.45, 7) is 13.2. The first-order chi connectivity index (χ1) is 30.5. The molecule has 64 heavy (non-hydrogen) atoms. The van der Waals surface area contributed by atoms with E-state index in [1.165, 1.54) is 11.1 Å². The van der Waals surface area contributed by atoms with Crippen molar-refractivity contribution in [2.24, 2.45) is 0 Å². The fraction of sp³-hybridized carbons (Fsp3) is 0.148. The molecule has 9 heterocycles. The molecule has 0 N–H and O–H groups in total. The van der Waals surface area contributed by atoms with E-state index >= 15 is 0 Å². The number of aromatic nitrogens is 2. The minimum absolute atomic E-state index is 0.119. The summed E-state index contributed by atoms with van der Waals surface area (Å²) in [6.07, 6.45) is 0. The van der Waals surface area contributed by atoms with Crippen molar-refractivity contribution in [3.8, 4) is 91.0 Å². The molecular formula is C54H42Cl4N2O4. The number of rotatable bonds is 0. The third-order valence-electron chi connectivity index (χ3n) is 10.9. The lowest BCUT2D eigenvalue weighted by Gasteiger charge is -2.22. The largest absolute Gasteiger partial charge is 0.437 e. The monoisotopic (exact) mass is 922 g/mol. The molecule has 15 rings (SSSR count). The van der Waals surface area contributed by atoms with Gasteiger partial charge in [0.25, 0.3) is 0 Å². The van der Waals surface area contributed by atoms with Crippen LogP contribution in [0.25, 0.3) is 44.5 Å². The number of pyridine rings is 2. The van der Waals surface area contributed by atoms with Crippen LogP contribution in [-0.2, 0) is 10.8 Å². The van der Waals surface area contributed by atoms with Crippen LogP contribution in [0.3, 0.4) is 0 Å². The van der Waals surface area contributed by atoms with E-state index in [1.54, 1.807) is 12.1 Å². The van der Waals surface area contributed by atoms with Gasteiger partial charge in [0, 0.05) is 0 Å². The van der Waals surface area contributed by atoms with Crippen LogP contribution in [0, 0.1) is 0 Å².